The summed E-state index contributed by atoms with van der Waals surface area (Å²) in [6, 6.07) is 10.3. The van der Waals surface area contributed by atoms with Gasteiger partial charge in [0.25, 0.3) is 0 Å². The van der Waals surface area contributed by atoms with Gasteiger partial charge < -0.3 is 5.53 Å². The molecule has 0 atom stereocenters. The van der Waals surface area contributed by atoms with Gasteiger partial charge in [0.05, 0.1) is 0 Å². The van der Waals surface area contributed by atoms with Crippen molar-refractivity contribution in [3.05, 3.63) is 41.4 Å². The molecule has 0 aliphatic heterocycles. The topological polar surface area (TPSA) is 36.4 Å². The fourth-order valence-corrected chi connectivity index (χ4v) is 2.66. The largest absolute Gasteiger partial charge is 0.362 e. The van der Waals surface area contributed by atoms with E-state index in [9.17, 15) is 0 Å². The SMILES string of the molecule is C[Si](C)(C)C(CCc1ccccc1)=[N+]=[N-]. The molecule has 1 aromatic rings. The van der Waals surface area contributed by atoms with Crippen LogP contribution in [0.25, 0.3) is 5.53 Å². The maximum atomic E-state index is 8.96. The van der Waals surface area contributed by atoms with Crippen molar-refractivity contribution >= 4 is 13.4 Å². The van der Waals surface area contributed by atoms with Crippen molar-refractivity contribution in [3.63, 3.8) is 0 Å². The summed E-state index contributed by atoms with van der Waals surface area (Å²) in [7, 11) is -1.44. The molecule has 3 heteroatoms. The molecule has 1 rings (SSSR count). The fraction of sp³-hybridized carbons (Fsp3) is 0.417. The number of hydrogen-bond donors (Lipinski definition) is 0. The van der Waals surface area contributed by atoms with Crippen LogP contribution in [0.3, 0.4) is 0 Å². The molecule has 80 valence electrons. The highest BCUT2D eigenvalue weighted by Crippen LogP contribution is 2.09. The highest BCUT2D eigenvalue weighted by molar-refractivity contribution is 7.03. The molecule has 0 unspecified atom stereocenters. The van der Waals surface area contributed by atoms with Crippen LogP contribution >= 0.6 is 0 Å². The summed E-state index contributed by atoms with van der Waals surface area (Å²) in [4.78, 5) is 3.45. The third-order valence-corrected chi connectivity index (χ3v) is 4.56. The number of aryl methyl sites for hydroxylation is 1. The number of hydrogen-bond acceptors (Lipinski definition) is 0. The Labute approximate surface area is 92.6 Å². The van der Waals surface area contributed by atoms with Gasteiger partial charge in [-0.2, -0.15) is 4.79 Å². The molecule has 0 spiro atoms. The van der Waals surface area contributed by atoms with Crippen LogP contribution in [-0.4, -0.2) is 18.2 Å². The minimum absolute atomic E-state index is 0.871. The molecule has 0 N–H and O–H groups in total. The summed E-state index contributed by atoms with van der Waals surface area (Å²) in [6.45, 7) is 6.60. The molecular formula is C12H18N2Si. The summed E-state index contributed by atoms with van der Waals surface area (Å²) >= 11 is 0. The maximum Gasteiger partial charge on any atom is 0.237 e. The van der Waals surface area contributed by atoms with Gasteiger partial charge in [0.2, 0.25) is 5.33 Å². The highest BCUT2D eigenvalue weighted by Gasteiger charge is 2.29. The third kappa shape index (κ3) is 3.82. The summed E-state index contributed by atoms with van der Waals surface area (Å²) in [5.74, 6) is 0. The van der Waals surface area contributed by atoms with Crippen molar-refractivity contribution in [2.24, 2.45) is 0 Å². The molecular weight excluding hydrogens is 200 g/mol. The summed E-state index contributed by atoms with van der Waals surface area (Å²) < 4.78 is 0. The third-order valence-electron chi connectivity index (χ3n) is 2.48. The fourth-order valence-electron chi connectivity index (χ4n) is 1.48. The van der Waals surface area contributed by atoms with Crippen LogP contribution in [0.1, 0.15) is 12.0 Å². The molecule has 0 bridgehead atoms. The van der Waals surface area contributed by atoms with Crippen LogP contribution < -0.4 is 0 Å². The van der Waals surface area contributed by atoms with E-state index in [-0.39, 0.29) is 0 Å². The lowest BCUT2D eigenvalue weighted by molar-refractivity contribution is -0.00419. The van der Waals surface area contributed by atoms with Crippen molar-refractivity contribution in [1.29, 1.82) is 0 Å². The van der Waals surface area contributed by atoms with Crippen LogP contribution in [0.15, 0.2) is 30.3 Å². The number of rotatable bonds is 4. The molecule has 0 heterocycles. The van der Waals surface area contributed by atoms with Gasteiger partial charge >= 0.3 is 0 Å². The maximum absolute atomic E-state index is 8.96. The van der Waals surface area contributed by atoms with E-state index in [0.717, 1.165) is 18.2 Å². The standard InChI is InChI=1S/C12H18N2Si/c1-15(2,3)12(14-13)10-9-11-7-5-4-6-8-11/h4-8H,9-10H2,1-3H3. The van der Waals surface area contributed by atoms with Crippen molar-refractivity contribution in [1.82, 2.24) is 0 Å². The Hall–Kier alpha value is -1.18. The Bertz CT molecular complexity index is 359. The summed E-state index contributed by atoms with van der Waals surface area (Å²) in [6.07, 6.45) is 1.83. The van der Waals surface area contributed by atoms with E-state index >= 15 is 0 Å². The number of nitrogens with zero attached hydrogens (tertiary/aromatic N) is 2. The molecule has 0 aliphatic carbocycles. The predicted octanol–water partition coefficient (Wildman–Crippen LogP) is 3.17. The molecule has 0 saturated heterocycles. The second kappa shape index (κ2) is 5.05. The zero-order chi connectivity index (χ0) is 11.3. The lowest BCUT2D eigenvalue weighted by Gasteiger charge is -2.09. The molecule has 0 fully saturated rings. The monoisotopic (exact) mass is 218 g/mol. The molecule has 1 aromatic carbocycles. The Morgan fingerprint density at radius 2 is 1.80 bits per heavy atom. The Morgan fingerprint density at radius 1 is 1.20 bits per heavy atom. The van der Waals surface area contributed by atoms with Crippen molar-refractivity contribution in [3.8, 4) is 0 Å². The smallest absolute Gasteiger partial charge is 0.237 e. The van der Waals surface area contributed by atoms with Crippen molar-refractivity contribution in [2.45, 2.75) is 32.5 Å². The molecule has 0 amide bonds. The van der Waals surface area contributed by atoms with Crippen LogP contribution in [0.4, 0.5) is 0 Å². The molecule has 2 nitrogen and oxygen atoms in total. The van der Waals surface area contributed by atoms with E-state index in [1.54, 1.807) is 0 Å². The van der Waals surface area contributed by atoms with E-state index < -0.39 is 8.07 Å². The zero-order valence-electron chi connectivity index (χ0n) is 9.70. The van der Waals surface area contributed by atoms with E-state index in [0.29, 0.717) is 0 Å². The van der Waals surface area contributed by atoms with Gasteiger partial charge in [-0.1, -0.05) is 50.0 Å². The second-order valence-electron chi connectivity index (χ2n) is 4.78. The molecule has 0 saturated carbocycles. The van der Waals surface area contributed by atoms with E-state index in [1.165, 1.54) is 5.56 Å². The predicted molar refractivity (Wildman–Crippen MR) is 66.7 cm³/mol. The van der Waals surface area contributed by atoms with E-state index in [1.807, 2.05) is 18.2 Å². The average Bonchev–Trinajstić information content (AvgIpc) is 2.18. The highest BCUT2D eigenvalue weighted by atomic mass is 28.3. The number of benzene rings is 1. The quantitative estimate of drug-likeness (QED) is 0.322. The average molecular weight is 218 g/mol. The summed E-state index contributed by atoms with van der Waals surface area (Å²) in [5.41, 5.74) is 10.3. The molecule has 0 aliphatic rings. The Kier molecular flexibility index (Phi) is 4.01. The minimum Gasteiger partial charge on any atom is -0.362 e. The van der Waals surface area contributed by atoms with Crippen LogP contribution in [0.2, 0.25) is 19.6 Å². The lowest BCUT2D eigenvalue weighted by atomic mass is 10.1. The van der Waals surface area contributed by atoms with E-state index in [4.69, 9.17) is 5.53 Å². The summed E-state index contributed by atoms with van der Waals surface area (Å²) in [5, 5.41) is 0.992. The first kappa shape index (κ1) is 11.9. The Morgan fingerprint density at radius 3 is 2.27 bits per heavy atom. The van der Waals surface area contributed by atoms with Gasteiger partial charge in [0, 0.05) is 6.42 Å². The first-order chi connectivity index (χ1) is 7.04. The van der Waals surface area contributed by atoms with Gasteiger partial charge in [0.1, 0.15) is 0 Å². The van der Waals surface area contributed by atoms with Crippen LogP contribution in [0.5, 0.6) is 0 Å². The van der Waals surface area contributed by atoms with Gasteiger partial charge in [-0.05, 0) is 12.0 Å². The van der Waals surface area contributed by atoms with Gasteiger partial charge in [0.15, 0.2) is 8.07 Å². The Balaban J connectivity index is 2.61. The second-order valence-corrected chi connectivity index (χ2v) is 9.86. The first-order valence-electron chi connectivity index (χ1n) is 5.29. The van der Waals surface area contributed by atoms with Crippen molar-refractivity contribution in [2.75, 3.05) is 0 Å². The lowest BCUT2D eigenvalue weighted by Crippen LogP contribution is -2.34. The van der Waals surface area contributed by atoms with E-state index in [2.05, 4.69) is 36.6 Å². The van der Waals surface area contributed by atoms with Crippen LogP contribution in [0, 0.1) is 0 Å². The first-order valence-corrected chi connectivity index (χ1v) is 8.79. The van der Waals surface area contributed by atoms with Crippen molar-refractivity contribution < 1.29 is 4.79 Å². The molecule has 0 radical (unpaired) electrons. The normalized spacial score (nSPS) is 10.9. The van der Waals surface area contributed by atoms with Crippen LogP contribution in [-0.2, 0) is 6.42 Å². The molecule has 15 heavy (non-hydrogen) atoms. The minimum atomic E-state index is -1.44. The van der Waals surface area contributed by atoms with Gasteiger partial charge in [-0.15, -0.1) is 0 Å². The van der Waals surface area contributed by atoms with Gasteiger partial charge in [-0.25, -0.2) is 0 Å². The molecule has 0 aromatic heterocycles. The zero-order valence-corrected chi connectivity index (χ0v) is 10.7. The van der Waals surface area contributed by atoms with Gasteiger partial charge in [-0.3, -0.25) is 0 Å².